The average Bonchev–Trinajstić information content (AvgIpc) is 3.73. The molecule has 15 nitrogen and oxygen atoms in total. The molecule has 0 unspecified atom stereocenters. The first-order valence-electron chi connectivity index (χ1n) is 21.5. The number of aromatic amines is 1. The monoisotopic (exact) mass is 908 g/mol. The van der Waals surface area contributed by atoms with Crippen molar-refractivity contribution in [3.8, 4) is 17.2 Å². The van der Waals surface area contributed by atoms with E-state index in [1.54, 1.807) is 31.1 Å². The number of imidazole rings is 1. The SMILES string of the molecule is C[C@H]1c2c(nn(-c3ccc(F)c(C(F)(F)F)c3)c2-n2ccn(-c3ccc4c(cnn4C)c3F)c2=O)CCN1C(=O)c1cn2cc([C@@H]3CCOC(C)(C)C3)ccc2c1C1(c2noc(=O)[nH]2)CC1. The van der Waals surface area contributed by atoms with Gasteiger partial charge in [-0.15, -0.1) is 0 Å². The Hall–Kier alpha value is -7.09. The summed E-state index contributed by atoms with van der Waals surface area (Å²) >= 11 is 0. The minimum Gasteiger partial charge on any atom is -0.376 e. The maximum absolute atomic E-state index is 16.1. The second-order valence-electron chi connectivity index (χ2n) is 18.1. The van der Waals surface area contributed by atoms with Crippen molar-refractivity contribution in [1.82, 2.24) is 48.1 Å². The Labute approximate surface area is 370 Å². The van der Waals surface area contributed by atoms with E-state index in [-0.39, 0.29) is 47.1 Å². The van der Waals surface area contributed by atoms with E-state index in [2.05, 4.69) is 35.2 Å². The van der Waals surface area contributed by atoms with Crippen LogP contribution in [0.25, 0.3) is 33.6 Å². The Bertz CT molecular complexity index is 3420. The number of amides is 1. The number of ether oxygens (including phenoxy) is 1. The fourth-order valence-electron chi connectivity index (χ4n) is 10.2. The van der Waals surface area contributed by atoms with Gasteiger partial charge < -0.3 is 14.0 Å². The topological polar surface area (TPSA) is 155 Å². The van der Waals surface area contributed by atoms with E-state index >= 15 is 9.18 Å². The van der Waals surface area contributed by atoms with Crippen molar-refractivity contribution < 1.29 is 36.0 Å². The number of carbonyl (C=O) groups is 1. The molecule has 2 aliphatic heterocycles. The zero-order valence-corrected chi connectivity index (χ0v) is 36.0. The number of H-pyrrole nitrogens is 1. The number of nitrogens with zero attached hydrogens (tertiary/aromatic N) is 9. The quantitative estimate of drug-likeness (QED) is 0.162. The maximum atomic E-state index is 16.1. The average molecular weight is 909 g/mol. The van der Waals surface area contributed by atoms with Crippen molar-refractivity contribution in [2.75, 3.05) is 13.2 Å². The third-order valence-electron chi connectivity index (χ3n) is 13.6. The van der Waals surface area contributed by atoms with Crippen LogP contribution >= 0.6 is 0 Å². The fourth-order valence-corrected chi connectivity index (χ4v) is 10.2. The van der Waals surface area contributed by atoms with Crippen molar-refractivity contribution in [3.63, 3.8) is 0 Å². The number of halogens is 5. The summed E-state index contributed by atoms with van der Waals surface area (Å²) in [5.41, 5.74) is 0.176. The Morgan fingerprint density at radius 2 is 1.76 bits per heavy atom. The summed E-state index contributed by atoms with van der Waals surface area (Å²) in [7, 11) is 1.65. The molecule has 1 N–H and O–H groups in total. The Morgan fingerprint density at radius 1 is 0.985 bits per heavy atom. The highest BCUT2D eigenvalue weighted by atomic mass is 19.4. The Balaban J connectivity index is 1.06. The lowest BCUT2D eigenvalue weighted by atomic mass is 9.84. The number of alkyl halides is 3. The zero-order chi connectivity index (χ0) is 46.2. The Kier molecular flexibility index (Phi) is 9.11. The van der Waals surface area contributed by atoms with E-state index < -0.39 is 52.2 Å². The van der Waals surface area contributed by atoms with Crippen LogP contribution in [0.2, 0.25) is 0 Å². The molecule has 1 amide bonds. The first-order chi connectivity index (χ1) is 31.4. The first kappa shape index (κ1) is 41.6. The number of aromatic nitrogens is 9. The highest BCUT2D eigenvalue weighted by molar-refractivity contribution is 5.99. The fraction of sp³-hybridized carbons (Fsp3) is 0.348. The molecule has 11 rings (SSSR count). The lowest BCUT2D eigenvalue weighted by molar-refractivity contribution is -0.140. The van der Waals surface area contributed by atoms with Gasteiger partial charge in [0.1, 0.15) is 11.6 Å². The van der Waals surface area contributed by atoms with Crippen LogP contribution < -0.4 is 11.4 Å². The number of aryl methyl sites for hydroxylation is 1. The molecular weight excluding hydrogens is 868 g/mol. The van der Waals surface area contributed by atoms with Crippen molar-refractivity contribution in [2.45, 2.75) is 82.0 Å². The largest absolute Gasteiger partial charge is 0.438 e. The van der Waals surface area contributed by atoms with Crippen LogP contribution in [0, 0.1) is 11.6 Å². The number of hydrogen-bond donors (Lipinski definition) is 1. The molecule has 66 heavy (non-hydrogen) atoms. The first-order valence-corrected chi connectivity index (χ1v) is 21.5. The van der Waals surface area contributed by atoms with Crippen LogP contribution in [0.1, 0.15) is 103 Å². The van der Waals surface area contributed by atoms with Crippen LogP contribution in [0.3, 0.4) is 0 Å². The van der Waals surface area contributed by atoms with Crippen molar-refractivity contribution in [1.29, 1.82) is 0 Å². The van der Waals surface area contributed by atoms with Gasteiger partial charge in [0, 0.05) is 62.5 Å². The lowest BCUT2D eigenvalue weighted by Crippen LogP contribution is -2.40. The molecule has 340 valence electrons. The van der Waals surface area contributed by atoms with Gasteiger partial charge in [-0.2, -0.15) is 23.4 Å². The van der Waals surface area contributed by atoms with Gasteiger partial charge >= 0.3 is 17.6 Å². The highest BCUT2D eigenvalue weighted by Crippen LogP contribution is 2.55. The van der Waals surface area contributed by atoms with E-state index in [1.807, 2.05) is 16.7 Å². The molecule has 20 heteroatoms. The highest BCUT2D eigenvalue weighted by Gasteiger charge is 2.53. The second kappa shape index (κ2) is 14.5. The minimum absolute atomic E-state index is 0.0218. The predicted octanol–water partition coefficient (Wildman–Crippen LogP) is 7.44. The summed E-state index contributed by atoms with van der Waals surface area (Å²) in [4.78, 5) is 46.6. The van der Waals surface area contributed by atoms with E-state index in [9.17, 15) is 27.2 Å². The number of hydrogen-bond acceptors (Lipinski definition) is 8. The summed E-state index contributed by atoms with van der Waals surface area (Å²) in [6.45, 7) is 6.58. The number of fused-ring (bicyclic) bond motifs is 3. The van der Waals surface area contributed by atoms with Crippen LogP contribution in [0.5, 0.6) is 0 Å². The summed E-state index contributed by atoms with van der Waals surface area (Å²) < 4.78 is 91.0. The maximum Gasteiger partial charge on any atom is 0.438 e. The van der Waals surface area contributed by atoms with Gasteiger partial charge in [0.05, 0.1) is 67.9 Å². The van der Waals surface area contributed by atoms with Gasteiger partial charge in [-0.3, -0.25) is 28.1 Å². The zero-order valence-electron chi connectivity index (χ0n) is 36.0. The summed E-state index contributed by atoms with van der Waals surface area (Å²) in [6.07, 6.45) is 5.60. The summed E-state index contributed by atoms with van der Waals surface area (Å²) in [5, 5.41) is 13.1. The molecule has 8 heterocycles. The van der Waals surface area contributed by atoms with Crippen LogP contribution in [-0.2, 0) is 29.8 Å². The lowest BCUT2D eigenvalue weighted by Gasteiger charge is -2.35. The summed E-state index contributed by atoms with van der Waals surface area (Å²) in [6, 6.07) is 8.62. The molecule has 2 atom stereocenters. The van der Waals surface area contributed by atoms with Crippen LogP contribution in [0.4, 0.5) is 22.0 Å². The molecule has 1 aliphatic carbocycles. The molecule has 1 saturated carbocycles. The molecule has 6 aromatic heterocycles. The molecule has 0 radical (unpaired) electrons. The normalized spacial score (nSPS) is 19.2. The van der Waals surface area contributed by atoms with Gasteiger partial charge in [0.15, 0.2) is 11.6 Å². The van der Waals surface area contributed by atoms with Gasteiger partial charge in [0.25, 0.3) is 5.91 Å². The van der Waals surface area contributed by atoms with Gasteiger partial charge in [0.2, 0.25) is 0 Å². The van der Waals surface area contributed by atoms with Crippen molar-refractivity contribution in [3.05, 3.63) is 145 Å². The number of nitrogens with one attached hydrogen (secondary N) is 1. The predicted molar refractivity (Wildman–Crippen MR) is 227 cm³/mol. The summed E-state index contributed by atoms with van der Waals surface area (Å²) in [5.74, 6) is -2.88. The van der Waals surface area contributed by atoms with E-state index in [1.165, 1.54) is 29.3 Å². The third-order valence-corrected chi connectivity index (χ3v) is 13.6. The number of pyridine rings is 1. The number of benzene rings is 2. The Morgan fingerprint density at radius 3 is 2.48 bits per heavy atom. The minimum atomic E-state index is -5.06. The van der Waals surface area contributed by atoms with Gasteiger partial charge in [-0.25, -0.2) is 23.1 Å². The molecule has 8 aromatic rings. The number of rotatable bonds is 7. The molecule has 0 bridgehead atoms. The third kappa shape index (κ3) is 6.39. The molecule has 2 aromatic carbocycles. The van der Waals surface area contributed by atoms with E-state index in [4.69, 9.17) is 14.4 Å². The van der Waals surface area contributed by atoms with Crippen molar-refractivity contribution in [2.24, 2.45) is 7.05 Å². The van der Waals surface area contributed by atoms with Gasteiger partial charge in [-0.1, -0.05) is 11.2 Å². The molecular formula is C46H41F5N10O5. The standard InChI is InChI=1S/C46H41F5N10O5/c1-24-36-32(54-61(27-6-7-31(47)30(19-27)46(49,50)51)39(36)60-17-16-59(43(60)64)35-10-9-33-28(38(35)48)21-52-56(33)4)11-15-58(24)40(62)29-23-57-22-26(25-12-18-65-44(2,3)20-25)5-8-34(57)37(29)45(13-14-45)41-53-42(63)66-55-41/h5-10,16-17,19,21-25H,11-15,18,20H2,1-4H3,(H,53,55,63)/t24-,25+/m0/s1. The smallest absolute Gasteiger partial charge is 0.376 e. The molecule has 3 aliphatic rings. The van der Waals surface area contributed by atoms with Crippen LogP contribution in [0.15, 0.2) is 87.6 Å². The van der Waals surface area contributed by atoms with Crippen LogP contribution in [-0.4, -0.2) is 72.8 Å². The second-order valence-corrected chi connectivity index (χ2v) is 18.1. The molecule has 2 fully saturated rings. The van der Waals surface area contributed by atoms with E-state index in [0.717, 1.165) is 43.8 Å². The van der Waals surface area contributed by atoms with E-state index in [0.29, 0.717) is 65.3 Å². The number of carbonyl (C=O) groups excluding carboxylic acids is 1. The van der Waals surface area contributed by atoms with Crippen molar-refractivity contribution >= 4 is 22.3 Å². The molecule has 1 saturated heterocycles. The molecule has 0 spiro atoms. The van der Waals surface area contributed by atoms with Gasteiger partial charge in [-0.05, 0) is 94.3 Å².